The van der Waals surface area contributed by atoms with Crippen LogP contribution in [0.1, 0.15) is 26.5 Å². The Kier molecular flexibility index (Phi) is 6.09. The van der Waals surface area contributed by atoms with Crippen molar-refractivity contribution >= 4 is 28.8 Å². The first-order chi connectivity index (χ1) is 13.7. The van der Waals surface area contributed by atoms with Crippen LogP contribution in [0.2, 0.25) is 5.02 Å². The predicted molar refractivity (Wildman–Crippen MR) is 103 cm³/mol. The minimum absolute atomic E-state index is 0.216. The van der Waals surface area contributed by atoms with E-state index in [0.29, 0.717) is 21.1 Å². The van der Waals surface area contributed by atoms with Crippen LogP contribution < -0.4 is 9.54 Å². The molecule has 1 aromatic carbocycles. The number of carbonyl (C=O) groups is 1. The second-order valence-electron chi connectivity index (χ2n) is 6.06. The first-order valence-corrected chi connectivity index (χ1v) is 9.48. The lowest BCUT2D eigenvalue weighted by Crippen LogP contribution is -2.17. The fourth-order valence-corrected chi connectivity index (χ4v) is 3.58. The first-order valence-electron chi connectivity index (χ1n) is 8.29. The third-order valence-electron chi connectivity index (χ3n) is 3.89. The van der Waals surface area contributed by atoms with Crippen LogP contribution >= 0.6 is 22.9 Å². The highest BCUT2D eigenvalue weighted by Crippen LogP contribution is 2.27. The Bertz CT molecular complexity index is 1110. The number of rotatable bonds is 4. The summed E-state index contributed by atoms with van der Waals surface area (Å²) < 4.78 is 44.9. The molecule has 10 heteroatoms. The van der Waals surface area contributed by atoms with Gasteiger partial charge in [-0.15, -0.1) is 11.3 Å². The summed E-state index contributed by atoms with van der Waals surface area (Å²) in [5.74, 6) is -0.194. The Morgan fingerprint density at radius 3 is 2.69 bits per heavy atom. The van der Waals surface area contributed by atoms with Crippen LogP contribution in [-0.4, -0.2) is 22.6 Å². The van der Waals surface area contributed by atoms with Crippen LogP contribution in [0.3, 0.4) is 0 Å². The molecule has 2 aromatic heterocycles. The normalized spacial score (nSPS) is 12.3. The number of carbonyl (C=O) groups excluding carboxylic acids is 1. The van der Waals surface area contributed by atoms with Crippen LogP contribution in [0, 0.1) is 6.92 Å². The molecule has 0 spiro atoms. The highest BCUT2D eigenvalue weighted by Gasteiger charge is 2.32. The molecule has 0 aliphatic carbocycles. The second kappa shape index (κ2) is 8.38. The van der Waals surface area contributed by atoms with Crippen molar-refractivity contribution in [2.45, 2.75) is 19.6 Å². The van der Waals surface area contributed by atoms with Gasteiger partial charge in [0.1, 0.15) is 11.4 Å². The van der Waals surface area contributed by atoms with Crippen molar-refractivity contribution in [3.8, 4) is 5.75 Å². The van der Waals surface area contributed by atoms with Crippen molar-refractivity contribution in [1.82, 2.24) is 9.55 Å². The van der Waals surface area contributed by atoms with Crippen LogP contribution in [0.25, 0.3) is 0 Å². The highest BCUT2D eigenvalue weighted by atomic mass is 35.5. The minimum atomic E-state index is -4.49. The maximum absolute atomic E-state index is 12.7. The number of halogens is 4. The lowest BCUT2D eigenvalue weighted by Gasteiger charge is -2.07. The molecule has 0 atom stereocenters. The van der Waals surface area contributed by atoms with Crippen LogP contribution in [0.5, 0.6) is 5.75 Å². The molecule has 5 nitrogen and oxygen atoms in total. The van der Waals surface area contributed by atoms with Gasteiger partial charge in [-0.25, -0.2) is 0 Å². The maximum atomic E-state index is 12.7. The van der Waals surface area contributed by atoms with Gasteiger partial charge in [0, 0.05) is 22.3 Å². The van der Waals surface area contributed by atoms with Crippen molar-refractivity contribution in [2.75, 3.05) is 7.11 Å². The van der Waals surface area contributed by atoms with Crippen molar-refractivity contribution < 1.29 is 22.7 Å². The summed E-state index contributed by atoms with van der Waals surface area (Å²) in [6, 6.07) is 6.92. The summed E-state index contributed by atoms with van der Waals surface area (Å²) in [4.78, 5) is 21.6. The third kappa shape index (κ3) is 5.04. The van der Waals surface area contributed by atoms with Gasteiger partial charge in [-0.1, -0.05) is 17.7 Å². The number of aryl methyl sites for hydroxylation is 1. The molecule has 0 bridgehead atoms. The van der Waals surface area contributed by atoms with Gasteiger partial charge in [0.25, 0.3) is 5.91 Å². The first kappa shape index (κ1) is 21.1. The van der Waals surface area contributed by atoms with Crippen LogP contribution in [0.4, 0.5) is 13.2 Å². The van der Waals surface area contributed by atoms with E-state index in [1.165, 1.54) is 30.6 Å². The number of methoxy groups -OCH3 is 1. The average Bonchev–Trinajstić information content (AvgIpc) is 3.00. The fourth-order valence-electron chi connectivity index (χ4n) is 2.58. The number of hydrogen-bond acceptors (Lipinski definition) is 4. The predicted octanol–water partition coefficient (Wildman–Crippen LogP) is 4.72. The third-order valence-corrected chi connectivity index (χ3v) is 5.06. The zero-order valence-corrected chi connectivity index (χ0v) is 16.9. The van der Waals surface area contributed by atoms with E-state index < -0.39 is 17.8 Å². The molecule has 3 rings (SSSR count). The summed E-state index contributed by atoms with van der Waals surface area (Å²) in [6.07, 6.45) is -1.56. The summed E-state index contributed by atoms with van der Waals surface area (Å²) in [5, 5.41) is 0.371. The summed E-state index contributed by atoms with van der Waals surface area (Å²) >= 11 is 7.25. The van der Waals surface area contributed by atoms with Gasteiger partial charge in [0.15, 0.2) is 4.80 Å². The molecular weight excluding hydrogens is 427 g/mol. The standard InChI is InChI=1S/C19H15ClF3N3O2S/c1-11-9-26(10-12-3-6-16(24-8-12)19(21,22)23)18(29-11)25-17(27)14-7-13(20)4-5-15(14)28-2/h3-9H,10H2,1-2H3. The molecule has 152 valence electrons. The Labute approximate surface area is 173 Å². The van der Waals surface area contributed by atoms with E-state index in [1.54, 1.807) is 22.9 Å². The second-order valence-corrected chi connectivity index (χ2v) is 7.71. The highest BCUT2D eigenvalue weighted by molar-refractivity contribution is 7.09. The zero-order chi connectivity index (χ0) is 21.2. The van der Waals surface area contributed by atoms with Gasteiger partial charge >= 0.3 is 6.18 Å². The molecule has 0 saturated carbocycles. The molecule has 0 fully saturated rings. The zero-order valence-electron chi connectivity index (χ0n) is 15.3. The van der Waals surface area contributed by atoms with E-state index in [1.807, 2.05) is 6.92 Å². The molecule has 1 amide bonds. The van der Waals surface area contributed by atoms with Crippen molar-refractivity contribution in [2.24, 2.45) is 4.99 Å². The van der Waals surface area contributed by atoms with Gasteiger partial charge in [-0.3, -0.25) is 9.78 Å². The molecule has 29 heavy (non-hydrogen) atoms. The summed E-state index contributed by atoms with van der Waals surface area (Å²) in [6.45, 7) is 2.06. The fraction of sp³-hybridized carbons (Fsp3) is 0.211. The van der Waals surface area contributed by atoms with Gasteiger partial charge in [0.05, 0.1) is 19.2 Å². The van der Waals surface area contributed by atoms with Crippen LogP contribution in [-0.2, 0) is 12.7 Å². The number of ether oxygens (including phenoxy) is 1. The monoisotopic (exact) mass is 441 g/mol. The van der Waals surface area contributed by atoms with Gasteiger partial charge in [0.2, 0.25) is 0 Å². The number of pyridine rings is 1. The van der Waals surface area contributed by atoms with E-state index >= 15 is 0 Å². The van der Waals surface area contributed by atoms with Crippen LogP contribution in [0.15, 0.2) is 47.7 Å². The number of benzene rings is 1. The minimum Gasteiger partial charge on any atom is -0.496 e. The molecule has 3 aromatic rings. The smallest absolute Gasteiger partial charge is 0.433 e. The lowest BCUT2D eigenvalue weighted by molar-refractivity contribution is -0.141. The maximum Gasteiger partial charge on any atom is 0.433 e. The number of aromatic nitrogens is 2. The molecule has 0 radical (unpaired) electrons. The molecule has 0 aliphatic heterocycles. The number of nitrogens with zero attached hydrogens (tertiary/aromatic N) is 3. The van der Waals surface area contributed by atoms with E-state index in [9.17, 15) is 18.0 Å². The Balaban J connectivity index is 1.93. The molecule has 2 heterocycles. The SMILES string of the molecule is COc1ccc(Cl)cc1C(=O)N=c1sc(C)cn1Cc1ccc(C(F)(F)F)nc1. The van der Waals surface area contributed by atoms with Crippen molar-refractivity contribution in [3.63, 3.8) is 0 Å². The molecular formula is C19H15ClF3N3O2S. The quantitative estimate of drug-likeness (QED) is 0.588. The van der Waals surface area contributed by atoms with Crippen molar-refractivity contribution in [1.29, 1.82) is 0 Å². The number of alkyl halides is 3. The number of amides is 1. The van der Waals surface area contributed by atoms with E-state index in [2.05, 4.69) is 9.98 Å². The topological polar surface area (TPSA) is 56.5 Å². The van der Waals surface area contributed by atoms with Crippen molar-refractivity contribution in [3.05, 3.63) is 74.2 Å². The molecule has 0 unspecified atom stereocenters. The summed E-state index contributed by atoms with van der Waals surface area (Å²) in [5.41, 5.74) is -0.195. The van der Waals surface area contributed by atoms with Gasteiger partial charge < -0.3 is 9.30 Å². The Hall–Kier alpha value is -2.65. The number of hydrogen-bond donors (Lipinski definition) is 0. The van der Waals surface area contributed by atoms with E-state index in [4.69, 9.17) is 16.3 Å². The molecule has 0 N–H and O–H groups in total. The van der Waals surface area contributed by atoms with Gasteiger partial charge in [-0.2, -0.15) is 18.2 Å². The molecule has 0 saturated heterocycles. The Morgan fingerprint density at radius 1 is 1.31 bits per heavy atom. The molecule has 0 aliphatic rings. The van der Waals surface area contributed by atoms with Gasteiger partial charge in [-0.05, 0) is 36.8 Å². The average molecular weight is 442 g/mol. The Morgan fingerprint density at radius 2 is 2.07 bits per heavy atom. The lowest BCUT2D eigenvalue weighted by atomic mass is 10.2. The van der Waals surface area contributed by atoms with E-state index in [-0.39, 0.29) is 12.1 Å². The summed E-state index contributed by atoms with van der Waals surface area (Å²) in [7, 11) is 1.44. The largest absolute Gasteiger partial charge is 0.496 e. The number of thiazole rings is 1. The van der Waals surface area contributed by atoms with E-state index in [0.717, 1.165) is 17.1 Å².